The molecule has 3 heteroatoms. The molecule has 0 spiro atoms. The molecule has 3 unspecified atom stereocenters. The van der Waals surface area contributed by atoms with Crippen molar-refractivity contribution in [3.63, 3.8) is 0 Å². The van der Waals surface area contributed by atoms with Gasteiger partial charge in [0.15, 0.2) is 5.78 Å². The number of hydrogen-bond donors (Lipinski definition) is 2. The molecule has 0 aliphatic heterocycles. The Morgan fingerprint density at radius 1 is 1.32 bits per heavy atom. The van der Waals surface area contributed by atoms with Crippen molar-refractivity contribution in [1.29, 1.82) is 0 Å². The maximum atomic E-state index is 12.5. The predicted octanol–water partition coefficient (Wildman–Crippen LogP) is 3.65. The Hall–Kier alpha value is -0.930. The summed E-state index contributed by atoms with van der Waals surface area (Å²) in [6.45, 7) is 6.56. The second kappa shape index (κ2) is 5.79. The summed E-state index contributed by atoms with van der Waals surface area (Å²) < 4.78 is 0. The third-order valence-electron chi connectivity index (χ3n) is 8.31. The van der Waals surface area contributed by atoms with Crippen LogP contribution < -0.4 is 0 Å². The van der Waals surface area contributed by atoms with Gasteiger partial charge in [-0.05, 0) is 61.7 Å². The first-order valence-electron chi connectivity index (χ1n) is 10.0. The fourth-order valence-corrected chi connectivity index (χ4v) is 7.16. The topological polar surface area (TPSA) is 57.5 Å². The molecule has 4 aliphatic carbocycles. The van der Waals surface area contributed by atoms with Crippen LogP contribution in [0.5, 0.6) is 0 Å². The first-order chi connectivity index (χ1) is 11.8. The molecule has 0 aromatic heterocycles. The Morgan fingerprint density at radius 3 is 2.80 bits per heavy atom. The van der Waals surface area contributed by atoms with E-state index in [1.165, 1.54) is 5.57 Å². The number of Topliss-reactive ketones (excluding diaryl/α,β-unsaturated/α-hetero) is 1. The SMILES string of the molecule is C[C@@H]1CC2C3CCC4=CC(O)CC[C@]4(C)C3=CC[C@]2(C)[C@H]1C(=O)CO. The van der Waals surface area contributed by atoms with Crippen LogP contribution in [-0.4, -0.2) is 28.7 Å². The van der Waals surface area contributed by atoms with Crippen molar-refractivity contribution in [3.8, 4) is 0 Å². The van der Waals surface area contributed by atoms with E-state index in [2.05, 4.69) is 32.9 Å². The highest BCUT2D eigenvalue weighted by atomic mass is 16.3. The predicted molar refractivity (Wildman–Crippen MR) is 97.8 cm³/mol. The highest BCUT2D eigenvalue weighted by Gasteiger charge is 2.59. The molecule has 138 valence electrons. The van der Waals surface area contributed by atoms with Crippen LogP contribution in [0.25, 0.3) is 0 Å². The summed E-state index contributed by atoms with van der Waals surface area (Å²) in [5, 5.41) is 19.5. The second-order valence-corrected chi connectivity index (χ2v) is 9.57. The smallest absolute Gasteiger partial charge is 0.162 e. The lowest BCUT2D eigenvalue weighted by atomic mass is 9.51. The Labute approximate surface area is 151 Å². The minimum Gasteiger partial charge on any atom is -0.389 e. The molecular formula is C22H32O3. The van der Waals surface area contributed by atoms with E-state index in [0.29, 0.717) is 17.8 Å². The number of rotatable bonds is 2. The van der Waals surface area contributed by atoms with Gasteiger partial charge in [-0.25, -0.2) is 0 Å². The molecule has 0 aromatic rings. The van der Waals surface area contributed by atoms with Gasteiger partial charge in [0.2, 0.25) is 0 Å². The monoisotopic (exact) mass is 344 g/mol. The number of aliphatic hydroxyl groups excluding tert-OH is 2. The van der Waals surface area contributed by atoms with Crippen LogP contribution in [-0.2, 0) is 4.79 Å². The zero-order chi connectivity index (χ0) is 18.0. The van der Waals surface area contributed by atoms with Gasteiger partial charge >= 0.3 is 0 Å². The van der Waals surface area contributed by atoms with Crippen molar-refractivity contribution in [2.75, 3.05) is 6.61 Å². The van der Waals surface area contributed by atoms with Gasteiger partial charge < -0.3 is 10.2 Å². The van der Waals surface area contributed by atoms with E-state index in [0.717, 1.165) is 38.5 Å². The largest absolute Gasteiger partial charge is 0.389 e. The summed E-state index contributed by atoms with van der Waals surface area (Å²) in [5.74, 6) is 1.51. The maximum Gasteiger partial charge on any atom is 0.162 e. The lowest BCUT2D eigenvalue weighted by molar-refractivity contribution is -0.131. The van der Waals surface area contributed by atoms with E-state index in [1.807, 2.05) is 0 Å². The summed E-state index contributed by atoms with van der Waals surface area (Å²) in [4.78, 5) is 12.5. The molecule has 2 saturated carbocycles. The van der Waals surface area contributed by atoms with Crippen molar-refractivity contribution in [2.24, 2.45) is 34.5 Å². The van der Waals surface area contributed by atoms with Crippen molar-refractivity contribution in [1.82, 2.24) is 0 Å². The summed E-state index contributed by atoms with van der Waals surface area (Å²) >= 11 is 0. The number of carbonyl (C=O) groups excluding carboxylic acids is 1. The standard InChI is InChI=1S/C22H32O3/c1-13-10-18-16-5-4-14-11-15(24)6-8-21(14,2)17(16)7-9-22(18,3)20(13)19(25)12-23/h7,11,13,15-16,18,20,23-24H,4-6,8-10,12H2,1-3H3/t13-,15?,16?,18?,20-,21+,22+/m1/s1. The zero-order valence-corrected chi connectivity index (χ0v) is 15.8. The maximum absolute atomic E-state index is 12.5. The number of allylic oxidation sites excluding steroid dienone is 3. The van der Waals surface area contributed by atoms with E-state index in [4.69, 9.17) is 0 Å². The molecule has 4 aliphatic rings. The van der Waals surface area contributed by atoms with Crippen LogP contribution in [0.2, 0.25) is 0 Å². The fourth-order valence-electron chi connectivity index (χ4n) is 7.16. The second-order valence-electron chi connectivity index (χ2n) is 9.57. The van der Waals surface area contributed by atoms with Gasteiger partial charge in [-0.15, -0.1) is 0 Å². The molecule has 0 aromatic carbocycles. The Morgan fingerprint density at radius 2 is 2.08 bits per heavy atom. The normalized spacial score (nSPS) is 48.8. The van der Waals surface area contributed by atoms with Crippen molar-refractivity contribution in [2.45, 2.75) is 65.4 Å². The lowest BCUT2D eigenvalue weighted by Crippen LogP contribution is -2.46. The summed E-state index contributed by atoms with van der Waals surface area (Å²) in [6, 6.07) is 0. The van der Waals surface area contributed by atoms with E-state index < -0.39 is 0 Å². The molecule has 0 radical (unpaired) electrons. The number of aliphatic hydroxyl groups is 2. The minimum atomic E-state index is -0.318. The molecule has 4 rings (SSSR count). The Bertz CT molecular complexity index is 648. The van der Waals surface area contributed by atoms with Crippen molar-refractivity contribution < 1.29 is 15.0 Å². The fraction of sp³-hybridized carbons (Fsp3) is 0.773. The summed E-state index contributed by atoms with van der Waals surface area (Å²) in [6.07, 6.45) is 10.5. The first-order valence-corrected chi connectivity index (χ1v) is 10.0. The molecule has 25 heavy (non-hydrogen) atoms. The highest BCUT2D eigenvalue weighted by Crippen LogP contribution is 2.65. The molecule has 7 atom stereocenters. The first kappa shape index (κ1) is 17.5. The number of hydrogen-bond acceptors (Lipinski definition) is 3. The molecular weight excluding hydrogens is 312 g/mol. The Kier molecular flexibility index (Phi) is 4.05. The van der Waals surface area contributed by atoms with E-state index in [9.17, 15) is 15.0 Å². The van der Waals surface area contributed by atoms with Gasteiger partial charge in [0, 0.05) is 11.3 Å². The van der Waals surface area contributed by atoms with Crippen LogP contribution >= 0.6 is 0 Å². The third-order valence-corrected chi connectivity index (χ3v) is 8.31. The van der Waals surface area contributed by atoms with Crippen LogP contribution in [0.1, 0.15) is 59.3 Å². The van der Waals surface area contributed by atoms with Crippen LogP contribution in [0.15, 0.2) is 23.3 Å². The molecule has 2 fully saturated rings. The summed E-state index contributed by atoms with van der Waals surface area (Å²) in [7, 11) is 0. The van der Waals surface area contributed by atoms with Gasteiger partial charge in [-0.3, -0.25) is 4.79 Å². The number of carbonyl (C=O) groups is 1. The molecule has 0 heterocycles. The molecule has 3 nitrogen and oxygen atoms in total. The van der Waals surface area contributed by atoms with Crippen molar-refractivity contribution in [3.05, 3.63) is 23.3 Å². The van der Waals surface area contributed by atoms with Gasteiger partial charge in [0.25, 0.3) is 0 Å². The van der Waals surface area contributed by atoms with E-state index in [1.54, 1.807) is 5.57 Å². The quantitative estimate of drug-likeness (QED) is 0.752. The third kappa shape index (κ3) is 2.35. The average Bonchev–Trinajstić information content (AvgIpc) is 2.85. The number of ketones is 1. The minimum absolute atomic E-state index is 0.000838. The van der Waals surface area contributed by atoms with Gasteiger partial charge in [0.05, 0.1) is 6.10 Å². The van der Waals surface area contributed by atoms with Crippen LogP contribution in [0, 0.1) is 34.5 Å². The lowest BCUT2D eigenvalue weighted by Gasteiger charge is -2.53. The molecule has 2 N–H and O–H groups in total. The highest BCUT2D eigenvalue weighted by molar-refractivity contribution is 5.83. The molecule has 0 amide bonds. The Balaban J connectivity index is 1.73. The van der Waals surface area contributed by atoms with Gasteiger partial charge in [-0.1, -0.05) is 44.1 Å². The zero-order valence-electron chi connectivity index (χ0n) is 15.8. The molecule has 0 bridgehead atoms. The number of fused-ring (bicyclic) bond motifs is 5. The molecule has 0 saturated heterocycles. The van der Waals surface area contributed by atoms with Gasteiger partial charge in [0.1, 0.15) is 6.61 Å². The average molecular weight is 344 g/mol. The van der Waals surface area contributed by atoms with Crippen LogP contribution in [0.4, 0.5) is 0 Å². The van der Waals surface area contributed by atoms with Gasteiger partial charge in [-0.2, -0.15) is 0 Å². The van der Waals surface area contributed by atoms with Crippen LogP contribution in [0.3, 0.4) is 0 Å². The summed E-state index contributed by atoms with van der Waals surface area (Å²) in [5.41, 5.74) is 3.14. The van der Waals surface area contributed by atoms with E-state index >= 15 is 0 Å². The van der Waals surface area contributed by atoms with Crippen molar-refractivity contribution >= 4 is 5.78 Å². The van der Waals surface area contributed by atoms with E-state index in [-0.39, 0.29) is 35.2 Å².